The van der Waals surface area contributed by atoms with Crippen molar-refractivity contribution in [1.82, 2.24) is 20.8 Å². The lowest BCUT2D eigenvalue weighted by molar-refractivity contribution is -0.117. The molecule has 8 heteroatoms. The SMILES string of the molecule is Cc1ccc(-c2nnc(SCC(=O)NC(=O)N[C@H]3CCCC[C@H]3C)o2)cc1. The van der Waals surface area contributed by atoms with E-state index in [1.54, 1.807) is 0 Å². The van der Waals surface area contributed by atoms with Gasteiger partial charge >= 0.3 is 6.03 Å². The smallest absolute Gasteiger partial charge is 0.321 e. The van der Waals surface area contributed by atoms with Crippen molar-refractivity contribution in [3.63, 3.8) is 0 Å². The standard InChI is InChI=1S/C19H24N4O3S/c1-12-7-9-14(10-8-12)17-22-23-19(26-17)27-11-16(24)21-18(25)20-15-6-4-3-5-13(15)2/h7-10,13,15H,3-6,11H2,1-2H3,(H2,20,21,24,25)/t13-,15+/m1/s1. The molecule has 1 saturated carbocycles. The molecule has 1 aromatic heterocycles. The molecule has 144 valence electrons. The first-order valence-electron chi connectivity index (χ1n) is 9.15. The summed E-state index contributed by atoms with van der Waals surface area (Å²) in [5.74, 6) is 0.481. The number of carbonyl (C=O) groups is 2. The lowest BCUT2D eigenvalue weighted by Crippen LogP contribution is -2.48. The summed E-state index contributed by atoms with van der Waals surface area (Å²) < 4.78 is 5.56. The molecule has 0 aliphatic heterocycles. The Kier molecular flexibility index (Phi) is 6.49. The summed E-state index contributed by atoms with van der Waals surface area (Å²) in [7, 11) is 0. The van der Waals surface area contributed by atoms with Gasteiger partial charge in [-0.3, -0.25) is 10.1 Å². The van der Waals surface area contributed by atoms with E-state index in [0.717, 1.165) is 42.2 Å². The number of nitrogens with zero attached hydrogens (tertiary/aromatic N) is 2. The van der Waals surface area contributed by atoms with E-state index < -0.39 is 11.9 Å². The Morgan fingerprint density at radius 2 is 1.93 bits per heavy atom. The van der Waals surface area contributed by atoms with E-state index in [9.17, 15) is 9.59 Å². The van der Waals surface area contributed by atoms with Crippen LogP contribution >= 0.6 is 11.8 Å². The van der Waals surface area contributed by atoms with Gasteiger partial charge in [-0.1, -0.05) is 49.2 Å². The third-order valence-corrected chi connectivity index (χ3v) is 5.53. The third-order valence-electron chi connectivity index (χ3n) is 4.71. The number of aryl methyl sites for hydroxylation is 1. The van der Waals surface area contributed by atoms with Gasteiger partial charge in [0.05, 0.1) is 5.75 Å². The predicted octanol–water partition coefficient (Wildman–Crippen LogP) is 3.54. The first-order chi connectivity index (χ1) is 13.0. The van der Waals surface area contributed by atoms with Crippen LogP contribution in [0.2, 0.25) is 0 Å². The van der Waals surface area contributed by atoms with Crippen LogP contribution in [0.25, 0.3) is 11.5 Å². The molecule has 1 aliphatic carbocycles. The summed E-state index contributed by atoms with van der Waals surface area (Å²) in [6.07, 6.45) is 4.38. The number of rotatable bonds is 5. The maximum absolute atomic E-state index is 12.0. The first-order valence-corrected chi connectivity index (χ1v) is 10.1. The Labute approximate surface area is 162 Å². The van der Waals surface area contributed by atoms with E-state index in [1.165, 1.54) is 6.42 Å². The molecule has 0 saturated heterocycles. The van der Waals surface area contributed by atoms with Crippen molar-refractivity contribution >= 4 is 23.7 Å². The van der Waals surface area contributed by atoms with E-state index in [-0.39, 0.29) is 11.8 Å². The molecule has 0 unspecified atom stereocenters. The summed E-state index contributed by atoms with van der Waals surface area (Å²) in [5.41, 5.74) is 1.97. The van der Waals surface area contributed by atoms with Gasteiger partial charge in [-0.2, -0.15) is 0 Å². The summed E-state index contributed by atoms with van der Waals surface area (Å²) in [6.45, 7) is 4.13. The lowest BCUT2D eigenvalue weighted by Gasteiger charge is -2.29. The molecular formula is C19H24N4O3S. The number of urea groups is 1. The van der Waals surface area contributed by atoms with Gasteiger partial charge in [0.25, 0.3) is 5.22 Å². The average molecular weight is 388 g/mol. The molecule has 2 N–H and O–H groups in total. The maximum Gasteiger partial charge on any atom is 0.321 e. The second kappa shape index (κ2) is 9.03. The van der Waals surface area contributed by atoms with Crippen LogP contribution in [0, 0.1) is 12.8 Å². The zero-order chi connectivity index (χ0) is 19.2. The molecule has 2 atom stereocenters. The van der Waals surface area contributed by atoms with Crippen molar-refractivity contribution in [2.45, 2.75) is 50.8 Å². The van der Waals surface area contributed by atoms with Crippen molar-refractivity contribution in [3.8, 4) is 11.5 Å². The van der Waals surface area contributed by atoms with E-state index >= 15 is 0 Å². The van der Waals surface area contributed by atoms with Crippen molar-refractivity contribution in [1.29, 1.82) is 0 Å². The molecule has 3 rings (SSSR count). The summed E-state index contributed by atoms with van der Waals surface area (Å²) in [5, 5.41) is 13.5. The summed E-state index contributed by atoms with van der Waals surface area (Å²) >= 11 is 1.10. The van der Waals surface area contributed by atoms with Crippen LogP contribution in [0.4, 0.5) is 4.79 Å². The van der Waals surface area contributed by atoms with Gasteiger partial charge in [0.1, 0.15) is 0 Å². The summed E-state index contributed by atoms with van der Waals surface area (Å²) in [6, 6.07) is 7.43. The Morgan fingerprint density at radius 3 is 2.67 bits per heavy atom. The highest BCUT2D eigenvalue weighted by atomic mass is 32.2. The molecule has 0 bridgehead atoms. The zero-order valence-electron chi connectivity index (χ0n) is 15.5. The highest BCUT2D eigenvalue weighted by Crippen LogP contribution is 2.24. The zero-order valence-corrected chi connectivity index (χ0v) is 16.3. The highest BCUT2D eigenvalue weighted by Gasteiger charge is 2.23. The van der Waals surface area contributed by atoms with Gasteiger partial charge in [-0.25, -0.2) is 4.79 Å². The van der Waals surface area contributed by atoms with Crippen LogP contribution in [0.5, 0.6) is 0 Å². The topological polar surface area (TPSA) is 97.1 Å². The molecule has 3 amide bonds. The minimum absolute atomic E-state index is 0.0309. The van der Waals surface area contributed by atoms with Gasteiger partial charge in [-0.15, -0.1) is 10.2 Å². The number of aromatic nitrogens is 2. The molecule has 1 fully saturated rings. The maximum atomic E-state index is 12.0. The van der Waals surface area contributed by atoms with Crippen molar-refractivity contribution < 1.29 is 14.0 Å². The molecular weight excluding hydrogens is 364 g/mol. The van der Waals surface area contributed by atoms with Crippen LogP contribution in [-0.2, 0) is 4.79 Å². The molecule has 0 spiro atoms. The Morgan fingerprint density at radius 1 is 1.19 bits per heavy atom. The first kappa shape index (κ1) is 19.4. The Bertz CT molecular complexity index is 791. The number of hydrogen-bond donors (Lipinski definition) is 2. The predicted molar refractivity (Wildman–Crippen MR) is 103 cm³/mol. The number of thioether (sulfide) groups is 1. The van der Waals surface area contributed by atoms with Crippen molar-refractivity contribution in [2.75, 3.05) is 5.75 Å². The fourth-order valence-corrected chi connectivity index (χ4v) is 3.67. The van der Waals surface area contributed by atoms with Crippen LogP contribution in [0.1, 0.15) is 38.2 Å². The minimum Gasteiger partial charge on any atom is -0.411 e. The number of hydrogen-bond acceptors (Lipinski definition) is 6. The van der Waals surface area contributed by atoms with E-state index in [1.807, 2.05) is 31.2 Å². The van der Waals surface area contributed by atoms with Gasteiger partial charge < -0.3 is 9.73 Å². The van der Waals surface area contributed by atoms with E-state index in [2.05, 4.69) is 27.8 Å². The largest absolute Gasteiger partial charge is 0.411 e. The number of imide groups is 1. The number of nitrogens with one attached hydrogen (secondary N) is 2. The molecule has 7 nitrogen and oxygen atoms in total. The van der Waals surface area contributed by atoms with Gasteiger partial charge in [-0.05, 0) is 37.8 Å². The monoisotopic (exact) mass is 388 g/mol. The molecule has 2 aromatic rings. The van der Waals surface area contributed by atoms with Gasteiger partial charge in [0, 0.05) is 11.6 Å². The summed E-state index contributed by atoms with van der Waals surface area (Å²) in [4.78, 5) is 24.0. The number of benzene rings is 1. The van der Waals surface area contributed by atoms with Crippen molar-refractivity contribution in [2.24, 2.45) is 5.92 Å². The Balaban J connectivity index is 1.45. The van der Waals surface area contributed by atoms with E-state index in [4.69, 9.17) is 4.42 Å². The van der Waals surface area contributed by atoms with Crippen LogP contribution < -0.4 is 10.6 Å². The lowest BCUT2D eigenvalue weighted by atomic mass is 9.86. The fraction of sp³-hybridized carbons (Fsp3) is 0.474. The van der Waals surface area contributed by atoms with Crippen LogP contribution in [-0.4, -0.2) is 33.9 Å². The second-order valence-electron chi connectivity index (χ2n) is 6.92. The van der Waals surface area contributed by atoms with Crippen molar-refractivity contribution in [3.05, 3.63) is 29.8 Å². The minimum atomic E-state index is -0.440. The molecule has 1 aliphatic rings. The normalized spacial score (nSPS) is 19.5. The Hall–Kier alpha value is -2.35. The van der Waals surface area contributed by atoms with Crippen LogP contribution in [0.15, 0.2) is 33.9 Å². The quantitative estimate of drug-likeness (QED) is 0.761. The highest BCUT2D eigenvalue weighted by molar-refractivity contribution is 7.99. The second-order valence-corrected chi connectivity index (χ2v) is 7.84. The van der Waals surface area contributed by atoms with Gasteiger partial charge in [0.15, 0.2) is 0 Å². The molecule has 27 heavy (non-hydrogen) atoms. The molecule has 1 heterocycles. The van der Waals surface area contributed by atoms with Crippen LogP contribution in [0.3, 0.4) is 0 Å². The average Bonchev–Trinajstić information content (AvgIpc) is 3.11. The molecule has 0 radical (unpaired) electrons. The van der Waals surface area contributed by atoms with E-state index in [0.29, 0.717) is 17.0 Å². The molecule has 1 aromatic carbocycles. The number of amides is 3. The van der Waals surface area contributed by atoms with Gasteiger partial charge in [0.2, 0.25) is 11.8 Å². The third kappa shape index (κ3) is 5.56. The fourth-order valence-electron chi connectivity index (χ4n) is 3.11. The number of carbonyl (C=O) groups excluding carboxylic acids is 2.